The Labute approximate surface area is 171 Å². The first-order valence-corrected chi connectivity index (χ1v) is 9.60. The van der Waals surface area contributed by atoms with Gasteiger partial charge in [0.25, 0.3) is 0 Å². The summed E-state index contributed by atoms with van der Waals surface area (Å²) in [6, 6.07) is 11.2. The summed E-state index contributed by atoms with van der Waals surface area (Å²) in [7, 11) is 3.30. The third kappa shape index (κ3) is 4.85. The van der Waals surface area contributed by atoms with Crippen molar-refractivity contribution < 1.29 is 24.1 Å². The van der Waals surface area contributed by atoms with E-state index in [4.69, 9.17) is 14.2 Å². The number of benzene rings is 2. The summed E-state index contributed by atoms with van der Waals surface area (Å²) in [5, 5.41) is 10.6. The quantitative estimate of drug-likeness (QED) is 0.654. The van der Waals surface area contributed by atoms with Gasteiger partial charge in [-0.1, -0.05) is 30.3 Å². The number of allylic oxidation sites excluding steroid dienone is 1. The highest BCUT2D eigenvalue weighted by atomic mass is 16.5. The van der Waals surface area contributed by atoms with Crippen LogP contribution in [-0.4, -0.2) is 56.3 Å². The van der Waals surface area contributed by atoms with Gasteiger partial charge in [-0.15, -0.1) is 0 Å². The molecule has 0 saturated heterocycles. The van der Waals surface area contributed by atoms with E-state index in [1.165, 1.54) is 0 Å². The van der Waals surface area contributed by atoms with Gasteiger partial charge in [0, 0.05) is 33.9 Å². The van der Waals surface area contributed by atoms with Crippen molar-refractivity contribution in [1.82, 2.24) is 4.90 Å². The van der Waals surface area contributed by atoms with Crippen LogP contribution >= 0.6 is 0 Å². The van der Waals surface area contributed by atoms with Crippen molar-refractivity contribution in [2.75, 3.05) is 40.5 Å². The van der Waals surface area contributed by atoms with Crippen molar-refractivity contribution >= 4 is 11.9 Å². The first kappa shape index (κ1) is 21.0. The van der Waals surface area contributed by atoms with E-state index in [1.807, 2.05) is 37.3 Å². The maximum atomic E-state index is 13.0. The molecular formula is C23H27NO5. The molecule has 1 N–H and O–H groups in total. The molecule has 29 heavy (non-hydrogen) atoms. The predicted molar refractivity (Wildman–Crippen MR) is 111 cm³/mol. The number of hydrogen-bond donors (Lipinski definition) is 1. The second-order valence-electron chi connectivity index (χ2n) is 7.01. The summed E-state index contributed by atoms with van der Waals surface area (Å²) in [6.45, 7) is 4.68. The Bertz CT molecular complexity index is 884. The molecule has 1 aliphatic heterocycles. The number of Topliss-reactive ketones (excluding diaryl/α,β-unsaturated/α-hetero) is 1. The molecule has 0 saturated carbocycles. The largest absolute Gasteiger partial charge is 0.507 e. The minimum absolute atomic E-state index is 0.120. The number of ketones is 1. The number of phenolic OH excluding ortho intramolecular Hbond substituents is 1. The Morgan fingerprint density at radius 1 is 1.10 bits per heavy atom. The summed E-state index contributed by atoms with van der Waals surface area (Å²) >= 11 is 0. The number of phenols is 1. The first-order valence-electron chi connectivity index (χ1n) is 9.60. The summed E-state index contributed by atoms with van der Waals surface area (Å²) in [6.07, 6.45) is 1.73. The molecule has 1 heterocycles. The van der Waals surface area contributed by atoms with Crippen LogP contribution in [0.1, 0.15) is 27.0 Å². The van der Waals surface area contributed by atoms with Crippen molar-refractivity contribution in [2.24, 2.45) is 0 Å². The lowest BCUT2D eigenvalue weighted by Crippen LogP contribution is -2.30. The molecule has 0 bridgehead atoms. The van der Waals surface area contributed by atoms with Crippen LogP contribution in [0.15, 0.2) is 42.2 Å². The molecule has 0 aromatic heterocycles. The van der Waals surface area contributed by atoms with E-state index in [2.05, 4.69) is 4.90 Å². The van der Waals surface area contributed by atoms with Crippen molar-refractivity contribution in [2.45, 2.75) is 13.5 Å². The molecule has 6 heteroatoms. The SMILES string of the molecule is COCCN(CCOC)Cc1c(O)cc(C)c2c1O/C(=C/c1ccccc1)C2=O. The average molecular weight is 397 g/mol. The van der Waals surface area contributed by atoms with E-state index >= 15 is 0 Å². The number of ether oxygens (including phenoxy) is 3. The maximum Gasteiger partial charge on any atom is 0.232 e. The molecule has 0 amide bonds. The van der Waals surface area contributed by atoms with E-state index in [-0.39, 0.29) is 17.3 Å². The van der Waals surface area contributed by atoms with E-state index in [1.54, 1.807) is 26.4 Å². The zero-order chi connectivity index (χ0) is 20.8. The fourth-order valence-corrected chi connectivity index (χ4v) is 3.37. The van der Waals surface area contributed by atoms with Gasteiger partial charge in [-0.25, -0.2) is 0 Å². The van der Waals surface area contributed by atoms with Gasteiger partial charge in [0.15, 0.2) is 5.76 Å². The summed E-state index contributed by atoms with van der Waals surface area (Å²) in [4.78, 5) is 15.1. The van der Waals surface area contributed by atoms with E-state index in [9.17, 15) is 9.90 Å². The fourth-order valence-electron chi connectivity index (χ4n) is 3.37. The molecule has 0 fully saturated rings. The Hall–Kier alpha value is -2.67. The van der Waals surface area contributed by atoms with Crippen molar-refractivity contribution in [3.63, 3.8) is 0 Å². The number of carbonyl (C=O) groups excluding carboxylic acids is 1. The topological polar surface area (TPSA) is 68.2 Å². The number of methoxy groups -OCH3 is 2. The highest BCUT2D eigenvalue weighted by molar-refractivity contribution is 6.15. The number of fused-ring (bicyclic) bond motifs is 1. The van der Waals surface area contributed by atoms with Crippen LogP contribution in [0.3, 0.4) is 0 Å². The molecule has 154 valence electrons. The lowest BCUT2D eigenvalue weighted by Gasteiger charge is -2.23. The number of hydrogen-bond acceptors (Lipinski definition) is 6. The Morgan fingerprint density at radius 3 is 2.38 bits per heavy atom. The van der Waals surface area contributed by atoms with Crippen molar-refractivity contribution in [3.8, 4) is 11.5 Å². The smallest absolute Gasteiger partial charge is 0.232 e. The molecule has 1 aliphatic rings. The van der Waals surface area contributed by atoms with Crippen LogP contribution in [0.5, 0.6) is 11.5 Å². The lowest BCUT2D eigenvalue weighted by atomic mass is 9.99. The summed E-state index contributed by atoms with van der Waals surface area (Å²) < 4.78 is 16.4. The van der Waals surface area contributed by atoms with E-state index in [0.29, 0.717) is 55.3 Å². The third-order valence-corrected chi connectivity index (χ3v) is 4.92. The van der Waals surface area contributed by atoms with E-state index < -0.39 is 0 Å². The van der Waals surface area contributed by atoms with Crippen LogP contribution in [0, 0.1) is 6.92 Å². The minimum atomic E-state index is -0.164. The van der Waals surface area contributed by atoms with Crippen molar-refractivity contribution in [3.05, 3.63) is 64.4 Å². The zero-order valence-electron chi connectivity index (χ0n) is 17.1. The normalized spacial score (nSPS) is 14.5. The summed E-state index contributed by atoms with van der Waals surface area (Å²) in [5.74, 6) is 0.661. The lowest BCUT2D eigenvalue weighted by molar-refractivity contribution is 0.101. The molecule has 2 aromatic carbocycles. The molecule has 0 aliphatic carbocycles. The van der Waals surface area contributed by atoms with Crippen LogP contribution in [0.2, 0.25) is 0 Å². The predicted octanol–water partition coefficient (Wildman–Crippen LogP) is 3.41. The van der Waals surface area contributed by atoms with Gasteiger partial charge in [0.05, 0.1) is 24.3 Å². The highest BCUT2D eigenvalue weighted by Gasteiger charge is 2.33. The standard InChI is InChI=1S/C23H27NO5/c1-16-13-19(25)18(15-24(9-11-27-2)10-12-28-3)23-21(16)22(26)20(29-23)14-17-7-5-4-6-8-17/h4-8,13-14,25H,9-12,15H2,1-3H3/b20-14+. The molecule has 3 rings (SSSR count). The van der Waals surface area contributed by atoms with Crippen LogP contribution in [0.25, 0.3) is 6.08 Å². The Balaban J connectivity index is 1.94. The van der Waals surface area contributed by atoms with Gasteiger partial charge in [-0.05, 0) is 30.2 Å². The second-order valence-corrected chi connectivity index (χ2v) is 7.01. The van der Waals surface area contributed by atoms with Crippen LogP contribution in [-0.2, 0) is 16.0 Å². The van der Waals surface area contributed by atoms with Gasteiger partial charge in [-0.3, -0.25) is 9.69 Å². The van der Waals surface area contributed by atoms with Gasteiger partial charge < -0.3 is 19.3 Å². The molecule has 0 spiro atoms. The van der Waals surface area contributed by atoms with Gasteiger partial charge in [0.1, 0.15) is 11.5 Å². The van der Waals surface area contributed by atoms with Gasteiger partial charge in [-0.2, -0.15) is 0 Å². The minimum Gasteiger partial charge on any atom is -0.507 e. The van der Waals surface area contributed by atoms with Crippen LogP contribution < -0.4 is 4.74 Å². The van der Waals surface area contributed by atoms with Crippen molar-refractivity contribution in [1.29, 1.82) is 0 Å². The van der Waals surface area contributed by atoms with Gasteiger partial charge >= 0.3 is 0 Å². The average Bonchev–Trinajstić information content (AvgIpc) is 3.04. The Kier molecular flexibility index (Phi) is 7.04. The Morgan fingerprint density at radius 2 is 1.76 bits per heavy atom. The summed E-state index contributed by atoms with van der Waals surface area (Å²) in [5.41, 5.74) is 2.69. The van der Waals surface area contributed by atoms with E-state index in [0.717, 1.165) is 5.56 Å². The molecule has 2 aromatic rings. The molecular weight excluding hydrogens is 370 g/mol. The van der Waals surface area contributed by atoms with Gasteiger partial charge in [0.2, 0.25) is 5.78 Å². The number of nitrogens with zero attached hydrogens (tertiary/aromatic N) is 1. The number of aryl methyl sites for hydroxylation is 1. The van der Waals surface area contributed by atoms with Crippen LogP contribution in [0.4, 0.5) is 0 Å². The highest BCUT2D eigenvalue weighted by Crippen LogP contribution is 2.42. The fraction of sp³-hybridized carbons (Fsp3) is 0.348. The monoisotopic (exact) mass is 397 g/mol. The maximum absolute atomic E-state index is 13.0. The third-order valence-electron chi connectivity index (χ3n) is 4.92. The first-order chi connectivity index (χ1) is 14.0. The molecule has 0 radical (unpaired) electrons. The second kappa shape index (κ2) is 9.69. The number of carbonyl (C=O) groups is 1. The number of rotatable bonds is 9. The zero-order valence-corrected chi connectivity index (χ0v) is 17.1. The molecule has 6 nitrogen and oxygen atoms in total. The molecule has 0 unspecified atom stereocenters. The molecule has 0 atom stereocenters. The number of aromatic hydroxyl groups is 1.